The summed E-state index contributed by atoms with van der Waals surface area (Å²) < 4.78 is 5.37. The summed E-state index contributed by atoms with van der Waals surface area (Å²) in [4.78, 5) is 0. The fraction of sp³-hybridized carbons (Fsp3) is 0.625. The molecule has 0 aliphatic carbocycles. The van der Waals surface area contributed by atoms with E-state index in [1.165, 1.54) is 5.56 Å². The number of ether oxygens (including phenoxy) is 1. The molecule has 0 unspecified atom stereocenters. The Balaban J connectivity index is -0.000000285. The molecule has 17 heavy (non-hydrogen) atoms. The van der Waals surface area contributed by atoms with E-state index in [1.807, 2.05) is 59.7 Å². The summed E-state index contributed by atoms with van der Waals surface area (Å²) >= 11 is 0. The van der Waals surface area contributed by atoms with E-state index in [9.17, 15) is 0 Å². The lowest BCUT2D eigenvalue weighted by Gasteiger charge is -2.00. The Kier molecular flexibility index (Phi) is 30.8. The average molecular weight is 240 g/mol. The van der Waals surface area contributed by atoms with E-state index in [2.05, 4.69) is 19.1 Å². The van der Waals surface area contributed by atoms with E-state index in [4.69, 9.17) is 4.74 Å². The first kappa shape index (κ1) is 21.5. The van der Waals surface area contributed by atoms with Crippen LogP contribution in [0.25, 0.3) is 0 Å². The molecule has 0 fully saturated rings. The summed E-state index contributed by atoms with van der Waals surface area (Å²) in [6.07, 6.45) is 1.09. The van der Waals surface area contributed by atoms with Crippen LogP contribution in [-0.4, -0.2) is 6.61 Å². The Morgan fingerprint density at radius 1 is 0.824 bits per heavy atom. The molecule has 102 valence electrons. The highest BCUT2D eigenvalue weighted by Crippen LogP contribution is 2.00. The minimum atomic E-state index is 0.745. The van der Waals surface area contributed by atoms with E-state index < -0.39 is 0 Å². The highest BCUT2D eigenvalue weighted by atomic mass is 16.5. The van der Waals surface area contributed by atoms with Gasteiger partial charge in [-0.25, -0.2) is 0 Å². The zero-order valence-corrected chi connectivity index (χ0v) is 12.9. The van der Waals surface area contributed by atoms with Crippen LogP contribution in [0.4, 0.5) is 0 Å². The molecule has 0 heterocycles. The third-order valence-corrected chi connectivity index (χ3v) is 1.46. The van der Waals surface area contributed by atoms with Gasteiger partial charge in [-0.3, -0.25) is 0 Å². The van der Waals surface area contributed by atoms with Gasteiger partial charge in [0.25, 0.3) is 0 Å². The van der Waals surface area contributed by atoms with Gasteiger partial charge >= 0.3 is 0 Å². The van der Waals surface area contributed by atoms with Crippen LogP contribution in [0.2, 0.25) is 0 Å². The van der Waals surface area contributed by atoms with Gasteiger partial charge in [0.1, 0.15) is 0 Å². The second kappa shape index (κ2) is 24.4. The van der Waals surface area contributed by atoms with Gasteiger partial charge in [0.15, 0.2) is 0 Å². The van der Waals surface area contributed by atoms with Crippen molar-refractivity contribution >= 4 is 0 Å². The van der Waals surface area contributed by atoms with Gasteiger partial charge in [0.05, 0.1) is 6.61 Å². The van der Waals surface area contributed by atoms with E-state index in [1.54, 1.807) is 0 Å². The highest BCUT2D eigenvalue weighted by Gasteiger charge is 1.88. The lowest BCUT2D eigenvalue weighted by Crippen LogP contribution is -1.92. The molecule has 0 amide bonds. The van der Waals surface area contributed by atoms with Crippen LogP contribution in [0, 0.1) is 0 Å². The maximum absolute atomic E-state index is 5.37. The average Bonchev–Trinajstić information content (AvgIpc) is 2.47. The number of benzene rings is 1. The van der Waals surface area contributed by atoms with Crippen LogP contribution in [0.15, 0.2) is 30.3 Å². The van der Waals surface area contributed by atoms with E-state index in [0.29, 0.717) is 0 Å². The zero-order valence-electron chi connectivity index (χ0n) is 12.9. The first-order chi connectivity index (χ1) is 8.43. The van der Waals surface area contributed by atoms with Gasteiger partial charge in [-0.2, -0.15) is 0 Å². The molecule has 0 atom stereocenters. The maximum Gasteiger partial charge on any atom is 0.0716 e. The fourth-order valence-corrected chi connectivity index (χ4v) is 0.909. The molecule has 1 aromatic rings. The second-order valence-corrected chi connectivity index (χ2v) is 2.54. The minimum absolute atomic E-state index is 0.745. The van der Waals surface area contributed by atoms with Crippen molar-refractivity contribution in [2.45, 2.75) is 61.5 Å². The summed E-state index contributed by atoms with van der Waals surface area (Å²) in [6.45, 7) is 15.7. The standard InChI is InChI=1S/C10H14O.3C2H6/c1-2-8-11-9-10-6-4-3-5-7-10;3*1-2/h3-7H,2,8-9H2,1H3;3*1-2H3. The third-order valence-electron chi connectivity index (χ3n) is 1.46. The summed E-state index contributed by atoms with van der Waals surface area (Å²) in [5.74, 6) is 0. The first-order valence-electron chi connectivity index (χ1n) is 7.05. The van der Waals surface area contributed by atoms with Crippen LogP contribution in [0.3, 0.4) is 0 Å². The molecule has 1 rings (SSSR count). The Labute approximate surface area is 109 Å². The van der Waals surface area contributed by atoms with Crippen molar-refractivity contribution < 1.29 is 4.74 Å². The molecular weight excluding hydrogens is 208 g/mol. The topological polar surface area (TPSA) is 9.23 Å². The van der Waals surface area contributed by atoms with Crippen molar-refractivity contribution in [3.63, 3.8) is 0 Å². The lowest BCUT2D eigenvalue weighted by molar-refractivity contribution is 0.121. The van der Waals surface area contributed by atoms with Crippen LogP contribution in [0.5, 0.6) is 0 Å². The SMILES string of the molecule is CC.CC.CC.CCCOCc1ccccc1. The predicted molar refractivity (Wildman–Crippen MR) is 80.4 cm³/mol. The summed E-state index contributed by atoms with van der Waals surface area (Å²) in [5.41, 5.74) is 1.25. The van der Waals surface area contributed by atoms with Crippen molar-refractivity contribution in [2.24, 2.45) is 0 Å². The number of hydrogen-bond acceptors (Lipinski definition) is 1. The Morgan fingerprint density at radius 2 is 1.29 bits per heavy atom. The summed E-state index contributed by atoms with van der Waals surface area (Å²) in [7, 11) is 0. The molecule has 0 spiro atoms. The smallest absolute Gasteiger partial charge is 0.0716 e. The lowest BCUT2D eigenvalue weighted by atomic mass is 10.2. The molecule has 0 radical (unpaired) electrons. The summed E-state index contributed by atoms with van der Waals surface area (Å²) in [6, 6.07) is 10.2. The maximum atomic E-state index is 5.37. The molecular formula is C16H32O. The molecule has 0 N–H and O–H groups in total. The van der Waals surface area contributed by atoms with Crippen LogP contribution < -0.4 is 0 Å². The Morgan fingerprint density at radius 3 is 1.71 bits per heavy atom. The first-order valence-corrected chi connectivity index (χ1v) is 7.05. The molecule has 0 bridgehead atoms. The zero-order chi connectivity index (χ0) is 13.9. The van der Waals surface area contributed by atoms with Gasteiger partial charge < -0.3 is 4.74 Å². The van der Waals surface area contributed by atoms with E-state index in [0.717, 1.165) is 19.6 Å². The number of hydrogen-bond donors (Lipinski definition) is 0. The molecule has 0 saturated carbocycles. The molecule has 0 aromatic heterocycles. The predicted octanol–water partition coefficient (Wildman–Crippen LogP) is 5.69. The number of rotatable bonds is 4. The van der Waals surface area contributed by atoms with Crippen molar-refractivity contribution in [2.75, 3.05) is 6.61 Å². The molecule has 0 aliphatic rings. The van der Waals surface area contributed by atoms with E-state index >= 15 is 0 Å². The molecule has 1 nitrogen and oxygen atoms in total. The Hall–Kier alpha value is -0.820. The normalized spacial score (nSPS) is 7.47. The van der Waals surface area contributed by atoms with Gasteiger partial charge in [-0.1, -0.05) is 78.8 Å². The largest absolute Gasteiger partial charge is 0.377 e. The molecule has 1 heteroatoms. The second-order valence-electron chi connectivity index (χ2n) is 2.54. The highest BCUT2D eigenvalue weighted by molar-refractivity contribution is 5.13. The monoisotopic (exact) mass is 240 g/mol. The van der Waals surface area contributed by atoms with Crippen molar-refractivity contribution in [1.82, 2.24) is 0 Å². The summed E-state index contributed by atoms with van der Waals surface area (Å²) in [5, 5.41) is 0. The quantitative estimate of drug-likeness (QED) is 0.614. The van der Waals surface area contributed by atoms with Gasteiger partial charge in [0, 0.05) is 6.61 Å². The van der Waals surface area contributed by atoms with Crippen LogP contribution >= 0.6 is 0 Å². The molecule has 1 aromatic carbocycles. The molecule has 0 saturated heterocycles. The third kappa shape index (κ3) is 17.8. The minimum Gasteiger partial charge on any atom is -0.377 e. The van der Waals surface area contributed by atoms with Crippen LogP contribution in [0.1, 0.15) is 60.5 Å². The van der Waals surface area contributed by atoms with Crippen molar-refractivity contribution in [3.05, 3.63) is 35.9 Å². The van der Waals surface area contributed by atoms with Gasteiger partial charge in [0.2, 0.25) is 0 Å². The van der Waals surface area contributed by atoms with Crippen LogP contribution in [-0.2, 0) is 11.3 Å². The van der Waals surface area contributed by atoms with Crippen molar-refractivity contribution in [3.8, 4) is 0 Å². The van der Waals surface area contributed by atoms with Gasteiger partial charge in [-0.05, 0) is 12.0 Å². The fourth-order valence-electron chi connectivity index (χ4n) is 0.909. The Bertz CT molecular complexity index is 182. The van der Waals surface area contributed by atoms with E-state index in [-0.39, 0.29) is 0 Å². The van der Waals surface area contributed by atoms with Crippen molar-refractivity contribution in [1.29, 1.82) is 0 Å². The van der Waals surface area contributed by atoms with Gasteiger partial charge in [-0.15, -0.1) is 0 Å². The molecule has 0 aliphatic heterocycles.